The molecule has 18 heavy (non-hydrogen) atoms. The van der Waals surface area contributed by atoms with Crippen molar-refractivity contribution in [1.29, 1.82) is 0 Å². The molecule has 0 heterocycles. The van der Waals surface area contributed by atoms with E-state index < -0.39 is 0 Å². The van der Waals surface area contributed by atoms with Gasteiger partial charge in [0.25, 0.3) is 0 Å². The van der Waals surface area contributed by atoms with Gasteiger partial charge in [-0.2, -0.15) is 0 Å². The number of Topliss-reactive ketones (excluding diaryl/α,β-unsaturated/α-hetero) is 1. The zero-order valence-corrected chi connectivity index (χ0v) is 12.5. The van der Waals surface area contributed by atoms with Crippen LogP contribution in [0.5, 0.6) is 0 Å². The Morgan fingerprint density at radius 1 is 1.39 bits per heavy atom. The summed E-state index contributed by atoms with van der Waals surface area (Å²) >= 11 is 0. The van der Waals surface area contributed by atoms with Crippen molar-refractivity contribution in [1.82, 2.24) is 4.90 Å². The van der Waals surface area contributed by atoms with E-state index in [4.69, 9.17) is 0 Å². The molecule has 3 atom stereocenters. The summed E-state index contributed by atoms with van der Waals surface area (Å²) in [6, 6.07) is 0. The first-order chi connectivity index (χ1) is 8.51. The van der Waals surface area contributed by atoms with Gasteiger partial charge >= 0.3 is 0 Å². The van der Waals surface area contributed by atoms with E-state index in [0.717, 1.165) is 38.8 Å². The normalized spacial score (nSPS) is 28.2. The molecule has 104 valence electrons. The Kier molecular flexibility index (Phi) is 5.90. The highest BCUT2D eigenvalue weighted by atomic mass is 16.1. The maximum absolute atomic E-state index is 12.1. The number of hydrogen-bond acceptors (Lipinski definition) is 2. The molecule has 1 aliphatic rings. The molecule has 0 aliphatic heterocycles. The van der Waals surface area contributed by atoms with Crippen LogP contribution in [0.4, 0.5) is 0 Å². The lowest BCUT2D eigenvalue weighted by molar-refractivity contribution is -0.128. The van der Waals surface area contributed by atoms with Crippen molar-refractivity contribution in [2.75, 3.05) is 13.1 Å². The van der Waals surface area contributed by atoms with E-state index >= 15 is 0 Å². The van der Waals surface area contributed by atoms with Gasteiger partial charge in [0.1, 0.15) is 5.78 Å². The van der Waals surface area contributed by atoms with Crippen molar-refractivity contribution >= 4 is 5.78 Å². The summed E-state index contributed by atoms with van der Waals surface area (Å²) in [5, 5.41) is 0. The predicted molar refractivity (Wildman–Crippen MR) is 77.4 cm³/mol. The van der Waals surface area contributed by atoms with Gasteiger partial charge in [-0.3, -0.25) is 4.79 Å². The summed E-state index contributed by atoms with van der Waals surface area (Å²) in [5.41, 5.74) is 1.19. The standard InChI is InChI=1S/C16H29NO/c1-6-8-13(4)17(7-2)11-15-14(5)12(3)9-10-16(15)18/h12,14-15H,4,6-11H2,1-3,5H3/t12?,14-,15?/m0/s1. The van der Waals surface area contributed by atoms with Gasteiger partial charge in [-0.25, -0.2) is 0 Å². The van der Waals surface area contributed by atoms with Gasteiger partial charge in [-0.05, 0) is 31.6 Å². The number of carbonyl (C=O) groups excluding carboxylic acids is 1. The van der Waals surface area contributed by atoms with Crippen molar-refractivity contribution in [3.63, 3.8) is 0 Å². The Morgan fingerprint density at radius 2 is 2.06 bits per heavy atom. The Morgan fingerprint density at radius 3 is 2.61 bits per heavy atom. The molecule has 2 heteroatoms. The number of ketones is 1. The first-order valence-electron chi connectivity index (χ1n) is 7.46. The Hall–Kier alpha value is -0.790. The molecule has 0 aromatic carbocycles. The van der Waals surface area contributed by atoms with Gasteiger partial charge in [0, 0.05) is 31.1 Å². The van der Waals surface area contributed by atoms with Crippen LogP contribution in [-0.4, -0.2) is 23.8 Å². The summed E-state index contributed by atoms with van der Waals surface area (Å²) in [6.07, 6.45) is 4.01. The molecule has 0 saturated heterocycles. The Balaban J connectivity index is 2.67. The van der Waals surface area contributed by atoms with Gasteiger partial charge in [0.2, 0.25) is 0 Å². The molecule has 0 aromatic rings. The molecule has 0 radical (unpaired) electrons. The molecular weight excluding hydrogens is 222 g/mol. The summed E-state index contributed by atoms with van der Waals surface area (Å²) in [7, 11) is 0. The van der Waals surface area contributed by atoms with Crippen molar-refractivity contribution in [2.45, 2.75) is 53.4 Å². The highest BCUT2D eigenvalue weighted by Gasteiger charge is 2.34. The Labute approximate surface area is 112 Å². The molecule has 1 rings (SSSR count). The first kappa shape index (κ1) is 15.3. The lowest BCUT2D eigenvalue weighted by atomic mass is 9.73. The van der Waals surface area contributed by atoms with E-state index in [2.05, 4.69) is 39.2 Å². The number of rotatable bonds is 6. The van der Waals surface area contributed by atoms with Crippen molar-refractivity contribution in [3.8, 4) is 0 Å². The van der Waals surface area contributed by atoms with Crippen LogP contribution < -0.4 is 0 Å². The van der Waals surface area contributed by atoms with Crippen molar-refractivity contribution in [2.24, 2.45) is 17.8 Å². The minimum absolute atomic E-state index is 0.210. The van der Waals surface area contributed by atoms with E-state index in [1.165, 1.54) is 5.70 Å². The highest BCUT2D eigenvalue weighted by molar-refractivity contribution is 5.82. The van der Waals surface area contributed by atoms with Crippen molar-refractivity contribution in [3.05, 3.63) is 12.3 Å². The van der Waals surface area contributed by atoms with E-state index in [1.807, 2.05) is 0 Å². The van der Waals surface area contributed by atoms with Gasteiger partial charge in [0.15, 0.2) is 0 Å². The van der Waals surface area contributed by atoms with Crippen LogP contribution in [0.25, 0.3) is 0 Å². The molecule has 0 bridgehead atoms. The molecule has 0 amide bonds. The maximum atomic E-state index is 12.1. The highest BCUT2D eigenvalue weighted by Crippen LogP contribution is 2.33. The van der Waals surface area contributed by atoms with Gasteiger partial charge in [0.05, 0.1) is 0 Å². The average molecular weight is 251 g/mol. The monoisotopic (exact) mass is 251 g/mol. The van der Waals surface area contributed by atoms with Crippen LogP contribution in [0, 0.1) is 17.8 Å². The third-order valence-electron chi connectivity index (χ3n) is 4.58. The zero-order chi connectivity index (χ0) is 13.7. The number of hydrogen-bond donors (Lipinski definition) is 0. The van der Waals surface area contributed by atoms with Crippen LogP contribution in [0.15, 0.2) is 12.3 Å². The molecule has 0 spiro atoms. The largest absolute Gasteiger partial charge is 0.375 e. The third-order valence-corrected chi connectivity index (χ3v) is 4.58. The van der Waals surface area contributed by atoms with E-state index in [1.54, 1.807) is 0 Å². The second-order valence-electron chi connectivity index (χ2n) is 5.80. The third kappa shape index (κ3) is 3.60. The summed E-state index contributed by atoms with van der Waals surface area (Å²) in [5.74, 6) is 1.85. The number of nitrogens with zero attached hydrogens (tertiary/aromatic N) is 1. The van der Waals surface area contributed by atoms with Gasteiger partial charge in [-0.1, -0.05) is 33.8 Å². The van der Waals surface area contributed by atoms with Crippen LogP contribution in [0.3, 0.4) is 0 Å². The summed E-state index contributed by atoms with van der Waals surface area (Å²) in [4.78, 5) is 14.4. The van der Waals surface area contributed by atoms with Crippen LogP contribution >= 0.6 is 0 Å². The fraction of sp³-hybridized carbons (Fsp3) is 0.812. The van der Waals surface area contributed by atoms with E-state index in [9.17, 15) is 4.79 Å². The fourth-order valence-electron chi connectivity index (χ4n) is 2.94. The van der Waals surface area contributed by atoms with Crippen LogP contribution in [0.1, 0.15) is 53.4 Å². The second kappa shape index (κ2) is 6.96. The first-order valence-corrected chi connectivity index (χ1v) is 7.46. The average Bonchev–Trinajstić information content (AvgIpc) is 2.34. The molecule has 1 saturated carbocycles. The van der Waals surface area contributed by atoms with Crippen LogP contribution in [0.2, 0.25) is 0 Å². The van der Waals surface area contributed by atoms with Gasteiger partial charge in [-0.15, -0.1) is 0 Å². The SMILES string of the molecule is C=C(CCC)N(CC)CC1C(=O)CCC(C)[C@@H]1C. The number of carbonyl (C=O) groups is 1. The fourth-order valence-corrected chi connectivity index (χ4v) is 2.94. The molecule has 2 nitrogen and oxygen atoms in total. The molecule has 0 N–H and O–H groups in total. The van der Waals surface area contributed by atoms with E-state index in [-0.39, 0.29) is 5.92 Å². The topological polar surface area (TPSA) is 20.3 Å². The molecule has 1 fully saturated rings. The smallest absolute Gasteiger partial charge is 0.138 e. The van der Waals surface area contributed by atoms with Crippen molar-refractivity contribution < 1.29 is 4.79 Å². The molecule has 0 aromatic heterocycles. The predicted octanol–water partition coefficient (Wildman–Crippen LogP) is 3.87. The van der Waals surface area contributed by atoms with Gasteiger partial charge < -0.3 is 4.90 Å². The minimum Gasteiger partial charge on any atom is -0.375 e. The molecular formula is C16H29NO. The summed E-state index contributed by atoms with van der Waals surface area (Å²) < 4.78 is 0. The van der Waals surface area contributed by atoms with Crippen LogP contribution in [-0.2, 0) is 4.79 Å². The minimum atomic E-state index is 0.210. The van der Waals surface area contributed by atoms with E-state index in [0.29, 0.717) is 17.6 Å². The molecule has 1 aliphatic carbocycles. The lowest BCUT2D eigenvalue weighted by Gasteiger charge is -2.37. The second-order valence-corrected chi connectivity index (χ2v) is 5.80. The molecule has 2 unspecified atom stereocenters. The Bertz CT molecular complexity index is 297. The maximum Gasteiger partial charge on any atom is 0.138 e. The quantitative estimate of drug-likeness (QED) is 0.714. The summed E-state index contributed by atoms with van der Waals surface area (Å²) in [6.45, 7) is 14.9. The lowest BCUT2D eigenvalue weighted by Crippen LogP contribution is -2.40. The number of allylic oxidation sites excluding steroid dienone is 1. The zero-order valence-electron chi connectivity index (χ0n) is 12.5.